The first-order valence-corrected chi connectivity index (χ1v) is 7.84. The van der Waals surface area contributed by atoms with Crippen LogP contribution in [-0.2, 0) is 0 Å². The van der Waals surface area contributed by atoms with E-state index in [1.165, 1.54) is 11.3 Å². The fraction of sp³-hybridized carbons (Fsp3) is 0.385. The van der Waals surface area contributed by atoms with Crippen LogP contribution in [0, 0.1) is 5.92 Å². The predicted octanol–water partition coefficient (Wildman–Crippen LogP) is 2.62. The van der Waals surface area contributed by atoms with Crippen LogP contribution in [0.1, 0.15) is 24.3 Å². The molecule has 0 spiro atoms. The Morgan fingerprint density at radius 1 is 1.47 bits per heavy atom. The summed E-state index contributed by atoms with van der Waals surface area (Å²) in [6, 6.07) is 1.74. The Morgan fingerprint density at radius 2 is 2.26 bits per heavy atom. The van der Waals surface area contributed by atoms with Crippen molar-refractivity contribution < 1.29 is 9.90 Å². The van der Waals surface area contributed by atoms with Crippen molar-refractivity contribution in [1.29, 1.82) is 0 Å². The molecule has 2 rings (SSSR count). The number of nitrogens with one attached hydrogen (secondary N) is 1. The fourth-order valence-electron chi connectivity index (χ4n) is 1.56. The normalized spacial score (nSPS) is 12.6. The summed E-state index contributed by atoms with van der Waals surface area (Å²) in [5.41, 5.74) is 1.45. The molecule has 0 saturated carbocycles. The highest BCUT2D eigenvalue weighted by Gasteiger charge is 2.18. The quantitative estimate of drug-likeness (QED) is 0.891. The molecular formula is C13H16N2O2S2. The zero-order chi connectivity index (χ0) is 13.8. The molecule has 0 saturated heterocycles. The number of hydrogen-bond donors (Lipinski definition) is 2. The molecule has 0 radical (unpaired) electrons. The Kier molecular flexibility index (Phi) is 4.68. The molecule has 0 aromatic carbocycles. The largest absolute Gasteiger partial charge is 0.394 e. The predicted molar refractivity (Wildman–Crippen MR) is 78.6 cm³/mol. The Bertz CT molecular complexity index is 535. The second-order valence-electron chi connectivity index (χ2n) is 4.56. The van der Waals surface area contributed by atoms with Crippen LogP contribution in [-0.4, -0.2) is 28.6 Å². The van der Waals surface area contributed by atoms with Gasteiger partial charge in [0.05, 0.1) is 12.6 Å². The van der Waals surface area contributed by atoms with E-state index in [1.54, 1.807) is 16.7 Å². The second kappa shape index (κ2) is 6.27. The highest BCUT2D eigenvalue weighted by atomic mass is 32.1. The van der Waals surface area contributed by atoms with Crippen molar-refractivity contribution in [1.82, 2.24) is 10.3 Å². The maximum absolute atomic E-state index is 12.0. The van der Waals surface area contributed by atoms with Gasteiger partial charge in [0.2, 0.25) is 0 Å². The van der Waals surface area contributed by atoms with Gasteiger partial charge in [0, 0.05) is 16.3 Å². The zero-order valence-electron chi connectivity index (χ0n) is 10.8. The molecule has 2 aromatic heterocycles. The molecule has 0 aliphatic heterocycles. The summed E-state index contributed by atoms with van der Waals surface area (Å²) in [7, 11) is 0. The minimum absolute atomic E-state index is 0.0646. The standard InChI is InChI=1S/C13H16N2O2S2/c1-8(2)10(5-16)14-12(17)11-7-19-13(15-11)9-3-4-18-6-9/h3-4,6-8,10,16H,5H2,1-2H3,(H,14,17)/t10-/m1/s1. The van der Waals surface area contributed by atoms with E-state index in [1.807, 2.05) is 30.7 Å². The van der Waals surface area contributed by atoms with Gasteiger partial charge in [-0.15, -0.1) is 11.3 Å². The first-order valence-electron chi connectivity index (χ1n) is 6.01. The van der Waals surface area contributed by atoms with E-state index >= 15 is 0 Å². The second-order valence-corrected chi connectivity index (χ2v) is 6.19. The number of aliphatic hydroxyl groups is 1. The number of carbonyl (C=O) groups excluding carboxylic acids is 1. The maximum Gasteiger partial charge on any atom is 0.271 e. The van der Waals surface area contributed by atoms with E-state index in [2.05, 4.69) is 10.3 Å². The number of amides is 1. The smallest absolute Gasteiger partial charge is 0.271 e. The van der Waals surface area contributed by atoms with Gasteiger partial charge in [-0.1, -0.05) is 13.8 Å². The van der Waals surface area contributed by atoms with Crippen molar-refractivity contribution in [2.75, 3.05) is 6.61 Å². The lowest BCUT2D eigenvalue weighted by Crippen LogP contribution is -2.41. The van der Waals surface area contributed by atoms with Crippen LogP contribution < -0.4 is 5.32 Å². The highest BCUT2D eigenvalue weighted by molar-refractivity contribution is 7.14. The molecule has 1 atom stereocenters. The van der Waals surface area contributed by atoms with Gasteiger partial charge in [-0.3, -0.25) is 4.79 Å². The van der Waals surface area contributed by atoms with Crippen LogP contribution in [0.2, 0.25) is 0 Å². The van der Waals surface area contributed by atoms with Crippen molar-refractivity contribution in [3.8, 4) is 10.6 Å². The van der Waals surface area contributed by atoms with E-state index in [9.17, 15) is 9.90 Å². The van der Waals surface area contributed by atoms with Crippen molar-refractivity contribution in [2.45, 2.75) is 19.9 Å². The van der Waals surface area contributed by atoms with Gasteiger partial charge < -0.3 is 10.4 Å². The zero-order valence-corrected chi connectivity index (χ0v) is 12.4. The molecule has 2 aromatic rings. The number of aliphatic hydroxyl groups excluding tert-OH is 1. The lowest BCUT2D eigenvalue weighted by molar-refractivity contribution is 0.0892. The van der Waals surface area contributed by atoms with E-state index < -0.39 is 0 Å². The third-order valence-corrected chi connectivity index (χ3v) is 4.40. The van der Waals surface area contributed by atoms with Gasteiger partial charge in [-0.25, -0.2) is 4.98 Å². The summed E-state index contributed by atoms with van der Waals surface area (Å²) in [6.45, 7) is 3.85. The SMILES string of the molecule is CC(C)[C@@H](CO)NC(=O)c1csc(-c2ccsc2)n1. The first-order chi connectivity index (χ1) is 9.11. The number of rotatable bonds is 5. The topological polar surface area (TPSA) is 62.2 Å². The van der Waals surface area contributed by atoms with Crippen LogP contribution in [0.5, 0.6) is 0 Å². The molecule has 1 amide bonds. The fourth-order valence-corrected chi connectivity index (χ4v) is 3.07. The van der Waals surface area contributed by atoms with Crippen LogP contribution in [0.15, 0.2) is 22.2 Å². The number of thiophene rings is 1. The highest BCUT2D eigenvalue weighted by Crippen LogP contribution is 2.25. The van der Waals surface area contributed by atoms with Gasteiger partial charge in [-0.2, -0.15) is 11.3 Å². The van der Waals surface area contributed by atoms with Crippen LogP contribution in [0.3, 0.4) is 0 Å². The van der Waals surface area contributed by atoms with Crippen LogP contribution >= 0.6 is 22.7 Å². The molecule has 0 unspecified atom stereocenters. The lowest BCUT2D eigenvalue weighted by atomic mass is 10.1. The summed E-state index contributed by atoms with van der Waals surface area (Å²) in [5.74, 6) is -0.0468. The van der Waals surface area contributed by atoms with Gasteiger partial charge in [0.15, 0.2) is 0 Å². The molecule has 2 heterocycles. The Morgan fingerprint density at radius 3 is 2.84 bits per heavy atom. The molecule has 2 N–H and O–H groups in total. The molecule has 19 heavy (non-hydrogen) atoms. The van der Waals surface area contributed by atoms with E-state index in [4.69, 9.17) is 0 Å². The molecule has 4 nitrogen and oxygen atoms in total. The third kappa shape index (κ3) is 3.40. The summed E-state index contributed by atoms with van der Waals surface area (Å²) < 4.78 is 0. The molecule has 6 heteroatoms. The van der Waals surface area contributed by atoms with Crippen LogP contribution in [0.4, 0.5) is 0 Å². The Balaban J connectivity index is 2.08. The number of hydrogen-bond acceptors (Lipinski definition) is 5. The van der Waals surface area contributed by atoms with Gasteiger partial charge in [-0.05, 0) is 17.4 Å². The summed E-state index contributed by atoms with van der Waals surface area (Å²) >= 11 is 3.05. The summed E-state index contributed by atoms with van der Waals surface area (Å²) in [6.07, 6.45) is 0. The number of thiazole rings is 1. The van der Waals surface area contributed by atoms with Gasteiger partial charge >= 0.3 is 0 Å². The Labute approximate surface area is 120 Å². The maximum atomic E-state index is 12.0. The van der Waals surface area contributed by atoms with Crippen molar-refractivity contribution in [3.63, 3.8) is 0 Å². The van der Waals surface area contributed by atoms with Crippen molar-refractivity contribution in [2.24, 2.45) is 5.92 Å². The van der Waals surface area contributed by atoms with E-state index in [-0.39, 0.29) is 24.5 Å². The number of aromatic nitrogens is 1. The van der Waals surface area contributed by atoms with Crippen molar-refractivity contribution in [3.05, 3.63) is 27.9 Å². The number of carbonyl (C=O) groups is 1. The van der Waals surface area contributed by atoms with Gasteiger partial charge in [0.1, 0.15) is 10.7 Å². The average Bonchev–Trinajstić information content (AvgIpc) is 3.04. The third-order valence-electron chi connectivity index (χ3n) is 2.82. The minimum atomic E-state index is -0.237. The van der Waals surface area contributed by atoms with E-state index in [0.717, 1.165) is 10.6 Å². The molecular weight excluding hydrogens is 280 g/mol. The van der Waals surface area contributed by atoms with Crippen molar-refractivity contribution >= 4 is 28.6 Å². The minimum Gasteiger partial charge on any atom is -0.394 e. The van der Waals surface area contributed by atoms with Gasteiger partial charge in [0.25, 0.3) is 5.91 Å². The van der Waals surface area contributed by atoms with E-state index in [0.29, 0.717) is 5.69 Å². The molecule has 0 bridgehead atoms. The molecule has 0 aliphatic carbocycles. The summed E-state index contributed by atoms with van der Waals surface area (Å²) in [4.78, 5) is 16.4. The Hall–Kier alpha value is -1.24. The average molecular weight is 296 g/mol. The molecule has 102 valence electrons. The molecule has 0 fully saturated rings. The van der Waals surface area contributed by atoms with Crippen LogP contribution in [0.25, 0.3) is 10.6 Å². The monoisotopic (exact) mass is 296 g/mol. The molecule has 0 aliphatic rings. The lowest BCUT2D eigenvalue weighted by Gasteiger charge is -2.19. The summed E-state index contributed by atoms with van der Waals surface area (Å²) in [5, 5.41) is 18.6. The number of nitrogens with zero attached hydrogens (tertiary/aromatic N) is 1. The first kappa shape index (κ1) is 14.2.